The van der Waals surface area contributed by atoms with Crippen molar-refractivity contribution in [1.82, 2.24) is 0 Å². The van der Waals surface area contributed by atoms with Crippen LogP contribution in [0.5, 0.6) is 0 Å². The van der Waals surface area contributed by atoms with Gasteiger partial charge in [-0.25, -0.2) is 4.99 Å². The van der Waals surface area contributed by atoms with Gasteiger partial charge in [0.1, 0.15) is 0 Å². The van der Waals surface area contributed by atoms with Gasteiger partial charge in [-0.3, -0.25) is 0 Å². The maximum Gasteiger partial charge on any atom is 0.159 e. The van der Waals surface area contributed by atoms with Gasteiger partial charge in [-0.2, -0.15) is 0 Å². The number of rotatable bonds is 4. The summed E-state index contributed by atoms with van der Waals surface area (Å²) in [5, 5.41) is 0.638. The Kier molecular flexibility index (Phi) is 10.2. The summed E-state index contributed by atoms with van der Waals surface area (Å²) in [5.74, 6) is 1.01. The molecular formula is C16H27Cl2N3S. The minimum absolute atomic E-state index is 0. The number of benzene rings is 1. The van der Waals surface area contributed by atoms with Gasteiger partial charge in [0.05, 0.1) is 5.69 Å². The van der Waals surface area contributed by atoms with Crippen LogP contribution in [0.2, 0.25) is 0 Å². The van der Waals surface area contributed by atoms with Crippen LogP contribution in [0.4, 0.5) is 5.69 Å². The summed E-state index contributed by atoms with van der Waals surface area (Å²) in [6.07, 6.45) is 6.99. The molecule has 6 heteroatoms. The Morgan fingerprint density at radius 2 is 1.91 bits per heavy atom. The normalized spacial score (nSPS) is 17.3. The highest BCUT2D eigenvalue weighted by Crippen LogP contribution is 2.36. The van der Waals surface area contributed by atoms with Crippen LogP contribution in [-0.4, -0.2) is 10.9 Å². The Balaban J connectivity index is 0.00000220. The lowest BCUT2D eigenvalue weighted by Crippen LogP contribution is -2.38. The van der Waals surface area contributed by atoms with Crippen molar-refractivity contribution in [3.63, 3.8) is 0 Å². The summed E-state index contributed by atoms with van der Waals surface area (Å²) in [4.78, 5) is 4.48. The third-order valence-electron chi connectivity index (χ3n) is 3.86. The Morgan fingerprint density at radius 1 is 1.23 bits per heavy atom. The fourth-order valence-corrected chi connectivity index (χ4v) is 3.31. The van der Waals surface area contributed by atoms with Crippen molar-refractivity contribution in [2.75, 3.05) is 5.75 Å². The number of halogens is 2. The molecule has 0 saturated heterocycles. The summed E-state index contributed by atoms with van der Waals surface area (Å²) >= 11 is 1.61. The van der Waals surface area contributed by atoms with E-state index in [1.807, 2.05) is 12.1 Å². The van der Waals surface area contributed by atoms with Crippen LogP contribution in [0.3, 0.4) is 0 Å². The van der Waals surface area contributed by atoms with Crippen LogP contribution in [0.1, 0.15) is 51.0 Å². The predicted molar refractivity (Wildman–Crippen MR) is 104 cm³/mol. The van der Waals surface area contributed by atoms with Crippen molar-refractivity contribution < 1.29 is 0 Å². The van der Waals surface area contributed by atoms with Crippen LogP contribution in [0.25, 0.3) is 0 Å². The van der Waals surface area contributed by atoms with Gasteiger partial charge in [-0.1, -0.05) is 50.1 Å². The molecule has 0 aromatic heterocycles. The standard InChI is InChI=1S/C16H25N3S.2ClH/c1-2-11-20-15(17)19-14-8-6-7-13(12-14)16(18)9-4-3-5-10-16;;/h6-8,12H,2-5,9-11,18H2,1H3,(H2,17,19);2*1H. The first-order valence-corrected chi connectivity index (χ1v) is 8.49. The number of hydrogen-bond donors (Lipinski definition) is 2. The topological polar surface area (TPSA) is 64.4 Å². The lowest BCUT2D eigenvalue weighted by molar-refractivity contribution is 0.302. The average molecular weight is 364 g/mol. The van der Waals surface area contributed by atoms with Crippen LogP contribution in [-0.2, 0) is 5.54 Å². The minimum atomic E-state index is -0.172. The number of aliphatic imine (C=N–C) groups is 1. The van der Waals surface area contributed by atoms with Crippen molar-refractivity contribution in [2.45, 2.75) is 51.0 Å². The Morgan fingerprint density at radius 3 is 2.55 bits per heavy atom. The van der Waals surface area contributed by atoms with Gasteiger partial charge in [-0.15, -0.1) is 24.8 Å². The molecule has 1 fully saturated rings. The van der Waals surface area contributed by atoms with Gasteiger partial charge >= 0.3 is 0 Å². The molecule has 0 bridgehead atoms. The largest absolute Gasteiger partial charge is 0.378 e. The first-order chi connectivity index (χ1) is 9.64. The highest BCUT2D eigenvalue weighted by molar-refractivity contribution is 8.13. The Labute approximate surface area is 150 Å². The second-order valence-electron chi connectivity index (χ2n) is 5.57. The molecule has 0 aliphatic heterocycles. The summed E-state index contributed by atoms with van der Waals surface area (Å²) in [5.41, 5.74) is 14.5. The molecule has 0 heterocycles. The quantitative estimate of drug-likeness (QED) is 0.599. The van der Waals surface area contributed by atoms with E-state index in [1.165, 1.54) is 24.8 Å². The number of amidine groups is 1. The molecule has 1 aliphatic rings. The van der Waals surface area contributed by atoms with Crippen molar-refractivity contribution in [3.05, 3.63) is 29.8 Å². The Hall–Kier alpha value is -0.420. The van der Waals surface area contributed by atoms with Crippen molar-refractivity contribution in [3.8, 4) is 0 Å². The molecule has 4 N–H and O–H groups in total. The molecule has 0 amide bonds. The summed E-state index contributed by atoms with van der Waals surface area (Å²) < 4.78 is 0. The molecule has 0 unspecified atom stereocenters. The fraction of sp³-hybridized carbons (Fsp3) is 0.562. The molecule has 3 nitrogen and oxygen atoms in total. The highest BCUT2D eigenvalue weighted by atomic mass is 35.5. The van der Waals surface area contributed by atoms with Gasteiger partial charge in [-0.05, 0) is 37.0 Å². The van der Waals surface area contributed by atoms with Crippen molar-refractivity contribution >= 4 is 47.4 Å². The van der Waals surface area contributed by atoms with Gasteiger partial charge in [0.15, 0.2) is 5.17 Å². The summed E-state index contributed by atoms with van der Waals surface area (Å²) in [7, 11) is 0. The maximum atomic E-state index is 6.58. The zero-order chi connectivity index (χ0) is 14.4. The maximum absolute atomic E-state index is 6.58. The minimum Gasteiger partial charge on any atom is -0.378 e. The van der Waals surface area contributed by atoms with E-state index >= 15 is 0 Å². The molecule has 2 rings (SSSR count). The molecule has 1 aliphatic carbocycles. The van der Waals surface area contributed by atoms with Gasteiger partial charge in [0, 0.05) is 11.3 Å². The second-order valence-corrected chi connectivity index (χ2v) is 6.68. The van der Waals surface area contributed by atoms with E-state index in [0.717, 1.165) is 30.7 Å². The van der Waals surface area contributed by atoms with Crippen LogP contribution < -0.4 is 11.5 Å². The molecule has 0 spiro atoms. The zero-order valence-electron chi connectivity index (χ0n) is 13.1. The molecule has 1 aromatic rings. The van der Waals surface area contributed by atoms with E-state index in [4.69, 9.17) is 11.5 Å². The van der Waals surface area contributed by atoms with E-state index in [2.05, 4.69) is 24.0 Å². The summed E-state index contributed by atoms with van der Waals surface area (Å²) in [6, 6.07) is 8.26. The number of thioether (sulfide) groups is 1. The fourth-order valence-electron chi connectivity index (χ4n) is 2.72. The SMILES string of the molecule is CCCSC(N)=Nc1cccc(C2(N)CCCCC2)c1.Cl.Cl. The molecule has 1 aromatic carbocycles. The number of nitrogens with zero attached hydrogens (tertiary/aromatic N) is 1. The molecule has 0 radical (unpaired) electrons. The van der Waals surface area contributed by atoms with Crippen molar-refractivity contribution in [2.24, 2.45) is 16.5 Å². The third-order valence-corrected chi connectivity index (χ3v) is 4.86. The van der Waals surface area contributed by atoms with Gasteiger partial charge < -0.3 is 11.5 Å². The van der Waals surface area contributed by atoms with Crippen LogP contribution in [0, 0.1) is 0 Å². The summed E-state index contributed by atoms with van der Waals surface area (Å²) in [6.45, 7) is 2.14. The van der Waals surface area contributed by atoms with Gasteiger partial charge in [0.25, 0.3) is 0 Å². The first kappa shape index (κ1) is 21.6. The third kappa shape index (κ3) is 5.99. The van der Waals surface area contributed by atoms with E-state index in [9.17, 15) is 0 Å². The van der Waals surface area contributed by atoms with Crippen molar-refractivity contribution in [1.29, 1.82) is 0 Å². The molecule has 126 valence electrons. The average Bonchev–Trinajstić information content (AvgIpc) is 2.46. The molecular weight excluding hydrogens is 337 g/mol. The first-order valence-electron chi connectivity index (χ1n) is 7.50. The Bertz CT molecular complexity index is 474. The van der Waals surface area contributed by atoms with E-state index in [1.54, 1.807) is 11.8 Å². The van der Waals surface area contributed by atoms with Crippen LogP contribution >= 0.6 is 36.6 Å². The molecule has 1 saturated carbocycles. The lowest BCUT2D eigenvalue weighted by Gasteiger charge is -2.34. The monoisotopic (exact) mass is 363 g/mol. The number of nitrogens with two attached hydrogens (primary N) is 2. The van der Waals surface area contributed by atoms with E-state index in [0.29, 0.717) is 5.17 Å². The molecule has 22 heavy (non-hydrogen) atoms. The molecule has 0 atom stereocenters. The van der Waals surface area contributed by atoms with Gasteiger partial charge in [0.2, 0.25) is 0 Å². The predicted octanol–water partition coefficient (Wildman–Crippen LogP) is 4.74. The smallest absolute Gasteiger partial charge is 0.159 e. The second kappa shape index (κ2) is 10.4. The van der Waals surface area contributed by atoms with E-state index in [-0.39, 0.29) is 30.4 Å². The van der Waals surface area contributed by atoms with Crippen LogP contribution in [0.15, 0.2) is 29.3 Å². The van der Waals surface area contributed by atoms with E-state index < -0.39 is 0 Å². The lowest BCUT2D eigenvalue weighted by atomic mass is 9.77. The highest BCUT2D eigenvalue weighted by Gasteiger charge is 2.29. The zero-order valence-corrected chi connectivity index (χ0v) is 15.5. The number of hydrogen-bond acceptors (Lipinski definition) is 3.